The Kier molecular flexibility index (Phi) is 2.02. The lowest BCUT2D eigenvalue weighted by atomic mass is 9.84. The lowest BCUT2D eigenvalue weighted by Gasteiger charge is -2.23. The van der Waals surface area contributed by atoms with Crippen LogP contribution in [0.25, 0.3) is 21.5 Å². The van der Waals surface area contributed by atoms with Crippen molar-refractivity contribution in [2.45, 2.75) is 13.0 Å². The molecule has 25 heavy (non-hydrogen) atoms. The van der Waals surface area contributed by atoms with Gasteiger partial charge in [0.25, 0.3) is 0 Å². The van der Waals surface area contributed by atoms with Crippen LogP contribution in [0, 0.1) is 35.0 Å². The summed E-state index contributed by atoms with van der Waals surface area (Å²) in [7, 11) is 0. The fourth-order valence-electron chi connectivity index (χ4n) is 6.90. The molecule has 6 atom stereocenters. The monoisotopic (exact) mass is 326 g/mol. The van der Waals surface area contributed by atoms with E-state index in [2.05, 4.69) is 54.6 Å². The third kappa shape index (κ3) is 1.29. The van der Waals surface area contributed by atoms with Crippen LogP contribution in [0.15, 0.2) is 54.6 Å². The molecule has 5 aliphatic carbocycles. The minimum Gasteiger partial charge on any atom is -0.460 e. The van der Waals surface area contributed by atoms with Crippen LogP contribution in [0.5, 0.6) is 0 Å². The van der Waals surface area contributed by atoms with Gasteiger partial charge < -0.3 is 4.74 Å². The van der Waals surface area contributed by atoms with E-state index in [9.17, 15) is 4.79 Å². The van der Waals surface area contributed by atoms with Crippen LogP contribution >= 0.6 is 0 Å². The van der Waals surface area contributed by atoms with E-state index in [1.54, 1.807) is 0 Å². The Morgan fingerprint density at radius 2 is 1.68 bits per heavy atom. The van der Waals surface area contributed by atoms with Gasteiger partial charge in [0.2, 0.25) is 0 Å². The molecule has 2 heteroatoms. The zero-order valence-corrected chi connectivity index (χ0v) is 13.8. The Balaban J connectivity index is 1.29. The molecule has 2 bridgehead atoms. The predicted molar refractivity (Wildman–Crippen MR) is 95.8 cm³/mol. The molecule has 5 aliphatic rings. The van der Waals surface area contributed by atoms with Crippen molar-refractivity contribution in [1.82, 2.24) is 0 Å². The Morgan fingerprint density at radius 3 is 2.24 bits per heavy atom. The molecule has 0 N–H and O–H groups in total. The minimum absolute atomic E-state index is 0.0320. The number of rotatable bonds is 3. The summed E-state index contributed by atoms with van der Waals surface area (Å²) in [4.78, 5) is 12.9. The molecule has 0 saturated heterocycles. The van der Waals surface area contributed by atoms with Crippen molar-refractivity contribution in [1.29, 1.82) is 0 Å². The third-order valence-corrected chi connectivity index (χ3v) is 7.80. The van der Waals surface area contributed by atoms with Crippen LogP contribution in [0.3, 0.4) is 0 Å². The van der Waals surface area contributed by atoms with Gasteiger partial charge in [-0.15, -0.1) is 0 Å². The average Bonchev–Trinajstić information content (AvgIpc) is 3.31. The lowest BCUT2D eigenvalue weighted by molar-refractivity contribution is -0.155. The molecule has 0 spiro atoms. The number of carbonyl (C=O) groups excluding carboxylic acids is 1. The Labute approximate surface area is 145 Å². The van der Waals surface area contributed by atoms with E-state index in [1.807, 2.05) is 0 Å². The summed E-state index contributed by atoms with van der Waals surface area (Å²) in [5, 5.41) is 4.81. The third-order valence-electron chi connectivity index (χ3n) is 7.80. The molecular weight excluding hydrogens is 308 g/mol. The standard InChI is InChI=1S/C23H18O2/c24-22(23-18-10-16-19(20(16)23)21(18)23)25-11-17-14-7-3-1-5-12(14)9-13-6-2-4-8-15(13)17/h1-9,16,18-21H,10-11H2. The van der Waals surface area contributed by atoms with Gasteiger partial charge in [-0.25, -0.2) is 0 Å². The van der Waals surface area contributed by atoms with E-state index >= 15 is 0 Å². The SMILES string of the molecule is O=C(OCc1c2ccccc2cc2ccccc12)C12C3CC4C(C41)C32. The van der Waals surface area contributed by atoms with Crippen molar-refractivity contribution in [2.24, 2.45) is 35.0 Å². The smallest absolute Gasteiger partial charge is 0.313 e. The van der Waals surface area contributed by atoms with Crippen molar-refractivity contribution in [3.05, 3.63) is 60.2 Å². The molecule has 6 unspecified atom stereocenters. The van der Waals surface area contributed by atoms with Gasteiger partial charge in [0.1, 0.15) is 6.61 Å². The molecule has 2 nitrogen and oxygen atoms in total. The van der Waals surface area contributed by atoms with Crippen LogP contribution in [-0.2, 0) is 16.1 Å². The molecule has 0 amide bonds. The number of ether oxygens (including phenoxy) is 1. The van der Waals surface area contributed by atoms with Gasteiger partial charge in [-0.2, -0.15) is 0 Å². The average molecular weight is 326 g/mol. The van der Waals surface area contributed by atoms with Crippen LogP contribution < -0.4 is 0 Å². The maximum absolute atomic E-state index is 12.9. The minimum atomic E-state index is -0.0320. The summed E-state index contributed by atoms with van der Waals surface area (Å²) >= 11 is 0. The first kappa shape index (κ1) is 12.9. The predicted octanol–water partition coefficient (Wildman–Crippen LogP) is 4.55. The zero-order valence-electron chi connectivity index (χ0n) is 13.8. The zero-order chi connectivity index (χ0) is 16.3. The van der Waals surface area contributed by atoms with Crippen molar-refractivity contribution in [2.75, 3.05) is 0 Å². The number of carbonyl (C=O) groups is 1. The summed E-state index contributed by atoms with van der Waals surface area (Å²) in [6.45, 7) is 0.393. The molecule has 3 aromatic rings. The first-order valence-electron chi connectivity index (χ1n) is 9.38. The van der Waals surface area contributed by atoms with Gasteiger partial charge in [0, 0.05) is 5.56 Å². The van der Waals surface area contributed by atoms with E-state index in [0.717, 1.165) is 17.4 Å². The second kappa shape index (κ2) is 3.90. The van der Waals surface area contributed by atoms with E-state index in [1.165, 1.54) is 28.0 Å². The first-order valence-corrected chi connectivity index (χ1v) is 9.38. The molecular formula is C23H18O2. The van der Waals surface area contributed by atoms with E-state index < -0.39 is 0 Å². The van der Waals surface area contributed by atoms with Gasteiger partial charge >= 0.3 is 5.97 Å². The Hall–Kier alpha value is -2.35. The molecule has 5 saturated carbocycles. The maximum Gasteiger partial charge on any atom is 0.313 e. The van der Waals surface area contributed by atoms with Crippen LogP contribution in [0.2, 0.25) is 0 Å². The van der Waals surface area contributed by atoms with Gasteiger partial charge in [-0.3, -0.25) is 4.79 Å². The van der Waals surface area contributed by atoms with Crippen molar-refractivity contribution in [3.8, 4) is 0 Å². The fourth-order valence-corrected chi connectivity index (χ4v) is 6.90. The largest absolute Gasteiger partial charge is 0.460 e. The van der Waals surface area contributed by atoms with Crippen LogP contribution in [-0.4, -0.2) is 5.97 Å². The van der Waals surface area contributed by atoms with Crippen LogP contribution in [0.1, 0.15) is 12.0 Å². The molecule has 0 aromatic heterocycles. The van der Waals surface area contributed by atoms with Crippen molar-refractivity contribution in [3.63, 3.8) is 0 Å². The highest BCUT2D eigenvalue weighted by molar-refractivity contribution is 6.02. The van der Waals surface area contributed by atoms with Gasteiger partial charge in [0.15, 0.2) is 0 Å². The summed E-state index contributed by atoms with van der Waals surface area (Å²) < 4.78 is 5.95. The second-order valence-corrected chi connectivity index (χ2v) is 8.44. The number of hydrogen-bond donors (Lipinski definition) is 0. The maximum atomic E-state index is 12.9. The van der Waals surface area contributed by atoms with E-state index in [-0.39, 0.29) is 11.4 Å². The fraction of sp³-hybridized carbons (Fsp3) is 0.348. The lowest BCUT2D eigenvalue weighted by Crippen LogP contribution is -2.30. The summed E-state index contributed by atoms with van der Waals surface area (Å²) in [5.41, 5.74) is 1.12. The summed E-state index contributed by atoms with van der Waals surface area (Å²) in [6.07, 6.45) is 1.30. The highest BCUT2D eigenvalue weighted by Gasteiger charge is 2.99. The first-order chi connectivity index (χ1) is 12.3. The van der Waals surface area contributed by atoms with Gasteiger partial charge in [-0.1, -0.05) is 48.5 Å². The molecule has 0 aliphatic heterocycles. The van der Waals surface area contributed by atoms with Crippen molar-refractivity contribution >= 4 is 27.5 Å². The molecule has 3 aromatic carbocycles. The number of esters is 1. The molecule has 5 fully saturated rings. The number of benzene rings is 3. The molecule has 122 valence electrons. The van der Waals surface area contributed by atoms with E-state index in [4.69, 9.17) is 4.74 Å². The number of fused-ring (bicyclic) bond motifs is 2. The summed E-state index contributed by atoms with van der Waals surface area (Å²) in [6, 6.07) is 19.0. The number of hydrogen-bond acceptors (Lipinski definition) is 2. The normalized spacial score (nSPS) is 38.3. The molecule has 0 radical (unpaired) electrons. The second-order valence-electron chi connectivity index (χ2n) is 8.44. The van der Waals surface area contributed by atoms with E-state index in [0.29, 0.717) is 24.4 Å². The highest BCUT2D eigenvalue weighted by atomic mass is 16.5. The summed E-state index contributed by atoms with van der Waals surface area (Å²) in [5.74, 6) is 3.93. The molecule has 0 heterocycles. The van der Waals surface area contributed by atoms with Crippen molar-refractivity contribution < 1.29 is 9.53 Å². The van der Waals surface area contributed by atoms with Gasteiger partial charge in [0.05, 0.1) is 5.41 Å². The van der Waals surface area contributed by atoms with Gasteiger partial charge in [-0.05, 0) is 63.6 Å². The topological polar surface area (TPSA) is 26.3 Å². The highest BCUT2D eigenvalue weighted by Crippen LogP contribution is 2.98. The van der Waals surface area contributed by atoms with Crippen LogP contribution in [0.4, 0.5) is 0 Å². The Bertz CT molecular complexity index is 1020. The quantitative estimate of drug-likeness (QED) is 0.521. The Morgan fingerprint density at radius 1 is 1.00 bits per heavy atom. The molecule has 8 rings (SSSR count).